The molecule has 4 atom stereocenters. The minimum atomic E-state index is -0.994. The Morgan fingerprint density at radius 2 is 1.43 bits per heavy atom. The molecule has 8 heteroatoms. The van der Waals surface area contributed by atoms with Gasteiger partial charge in [0, 0.05) is 32.1 Å². The maximum absolute atomic E-state index is 14.0. The van der Waals surface area contributed by atoms with Crippen LogP contribution in [0.3, 0.4) is 0 Å². The third-order valence-corrected chi connectivity index (χ3v) is 7.89. The van der Waals surface area contributed by atoms with E-state index in [2.05, 4.69) is 5.32 Å². The van der Waals surface area contributed by atoms with Crippen LogP contribution in [0.15, 0.2) is 66.7 Å². The molecule has 1 aliphatic carbocycles. The van der Waals surface area contributed by atoms with Gasteiger partial charge in [-0.3, -0.25) is 19.2 Å². The standard InChI is InChI=1S/C29H30N4O4/c34-26(20-12-13-20)33-22(14-11-19-7-3-1-4-8-19)23-24(25(33)29(37)31-17-15-30-16-18-31)28(36)32(27(23)35)21-9-5-2-6-10-21/h1-11,14,20,22-25,30H,12-13,15-18H2. The van der Waals surface area contributed by atoms with Gasteiger partial charge in [0.2, 0.25) is 23.6 Å². The quantitative estimate of drug-likeness (QED) is 0.637. The van der Waals surface area contributed by atoms with Crippen LogP contribution in [0.25, 0.3) is 6.08 Å². The van der Waals surface area contributed by atoms with Gasteiger partial charge in [0.15, 0.2) is 0 Å². The van der Waals surface area contributed by atoms with Crippen molar-refractivity contribution in [1.29, 1.82) is 0 Å². The van der Waals surface area contributed by atoms with Crippen LogP contribution in [-0.4, -0.2) is 71.7 Å². The van der Waals surface area contributed by atoms with Crippen LogP contribution in [0, 0.1) is 17.8 Å². The van der Waals surface area contributed by atoms with Crippen LogP contribution < -0.4 is 10.2 Å². The van der Waals surface area contributed by atoms with Gasteiger partial charge in [-0.1, -0.05) is 60.7 Å². The Bertz CT molecular complexity index is 1240. The number of imide groups is 1. The highest BCUT2D eigenvalue weighted by atomic mass is 16.2. The first-order valence-corrected chi connectivity index (χ1v) is 13.0. The number of fused-ring (bicyclic) bond motifs is 1. The Labute approximate surface area is 215 Å². The smallest absolute Gasteiger partial charge is 0.246 e. The average molecular weight is 499 g/mol. The van der Waals surface area contributed by atoms with E-state index in [1.54, 1.807) is 34.1 Å². The molecule has 4 amide bonds. The van der Waals surface area contributed by atoms with Gasteiger partial charge in [0.05, 0.1) is 23.6 Å². The van der Waals surface area contributed by atoms with Crippen molar-refractivity contribution in [3.63, 3.8) is 0 Å². The lowest BCUT2D eigenvalue weighted by Gasteiger charge is -2.36. The van der Waals surface area contributed by atoms with Gasteiger partial charge < -0.3 is 15.1 Å². The molecule has 190 valence electrons. The fraction of sp³-hybridized carbons (Fsp3) is 0.379. The van der Waals surface area contributed by atoms with Crippen LogP contribution in [0.2, 0.25) is 0 Å². The number of para-hydroxylation sites is 1. The molecule has 0 radical (unpaired) electrons. The van der Waals surface area contributed by atoms with Crippen LogP contribution in [0.1, 0.15) is 18.4 Å². The highest BCUT2D eigenvalue weighted by molar-refractivity contribution is 6.24. The highest BCUT2D eigenvalue weighted by Crippen LogP contribution is 2.47. The lowest BCUT2D eigenvalue weighted by atomic mass is 9.88. The van der Waals surface area contributed by atoms with E-state index in [4.69, 9.17) is 0 Å². The van der Waals surface area contributed by atoms with Gasteiger partial charge in [-0.05, 0) is 30.5 Å². The summed E-state index contributed by atoms with van der Waals surface area (Å²) in [6.07, 6.45) is 5.27. The van der Waals surface area contributed by atoms with Gasteiger partial charge in [-0.2, -0.15) is 0 Å². The zero-order valence-electron chi connectivity index (χ0n) is 20.5. The van der Waals surface area contributed by atoms with Gasteiger partial charge in [0.1, 0.15) is 6.04 Å². The number of piperazine rings is 1. The van der Waals surface area contributed by atoms with Gasteiger partial charge >= 0.3 is 0 Å². The molecule has 4 aliphatic rings. The summed E-state index contributed by atoms with van der Waals surface area (Å²) >= 11 is 0. The lowest BCUT2D eigenvalue weighted by Crippen LogP contribution is -2.57. The fourth-order valence-corrected chi connectivity index (χ4v) is 5.92. The maximum atomic E-state index is 14.0. The summed E-state index contributed by atoms with van der Waals surface area (Å²) in [5, 5.41) is 3.25. The summed E-state index contributed by atoms with van der Waals surface area (Å²) in [7, 11) is 0. The second-order valence-electron chi connectivity index (χ2n) is 10.2. The fourth-order valence-electron chi connectivity index (χ4n) is 5.92. The van der Waals surface area contributed by atoms with Crippen molar-refractivity contribution in [2.24, 2.45) is 17.8 Å². The van der Waals surface area contributed by atoms with E-state index in [0.29, 0.717) is 31.9 Å². The van der Waals surface area contributed by atoms with E-state index in [-0.39, 0.29) is 23.6 Å². The van der Waals surface area contributed by atoms with E-state index in [1.807, 2.05) is 48.6 Å². The number of benzene rings is 2. The zero-order chi connectivity index (χ0) is 25.5. The van der Waals surface area contributed by atoms with E-state index in [9.17, 15) is 19.2 Å². The molecule has 0 aromatic heterocycles. The summed E-state index contributed by atoms with van der Waals surface area (Å²) < 4.78 is 0. The number of rotatable bonds is 5. The van der Waals surface area contributed by atoms with Crippen molar-refractivity contribution in [3.05, 3.63) is 72.3 Å². The average Bonchev–Trinajstić information content (AvgIpc) is 3.69. The molecule has 2 aromatic rings. The minimum Gasteiger partial charge on any atom is -0.338 e. The van der Waals surface area contributed by atoms with Crippen molar-refractivity contribution >= 4 is 35.4 Å². The second kappa shape index (κ2) is 9.59. The first-order valence-electron chi connectivity index (χ1n) is 13.0. The summed E-state index contributed by atoms with van der Waals surface area (Å²) in [5.74, 6) is -3.00. The van der Waals surface area contributed by atoms with Crippen LogP contribution in [0.5, 0.6) is 0 Å². The number of carbonyl (C=O) groups excluding carboxylic acids is 4. The van der Waals surface area contributed by atoms with Crippen LogP contribution in [0.4, 0.5) is 5.69 Å². The van der Waals surface area contributed by atoms with Crippen molar-refractivity contribution in [2.45, 2.75) is 24.9 Å². The number of hydrogen-bond acceptors (Lipinski definition) is 5. The van der Waals surface area contributed by atoms with Crippen molar-refractivity contribution < 1.29 is 19.2 Å². The molecule has 6 rings (SSSR count). The zero-order valence-corrected chi connectivity index (χ0v) is 20.5. The highest BCUT2D eigenvalue weighted by Gasteiger charge is 2.66. The Hall–Kier alpha value is -3.78. The molecule has 3 aliphatic heterocycles. The first kappa shape index (κ1) is 23.6. The molecule has 3 heterocycles. The van der Waals surface area contributed by atoms with Crippen molar-refractivity contribution in [1.82, 2.24) is 15.1 Å². The number of hydrogen-bond donors (Lipinski definition) is 1. The molecule has 0 spiro atoms. The number of amides is 4. The molecular formula is C29H30N4O4. The number of nitrogens with zero attached hydrogens (tertiary/aromatic N) is 3. The summed E-state index contributed by atoms with van der Waals surface area (Å²) in [6.45, 7) is 2.33. The molecule has 1 N–H and O–H groups in total. The summed E-state index contributed by atoms with van der Waals surface area (Å²) in [5.41, 5.74) is 1.41. The molecule has 3 saturated heterocycles. The maximum Gasteiger partial charge on any atom is 0.246 e. The third-order valence-electron chi connectivity index (χ3n) is 7.89. The SMILES string of the molecule is O=C(C1C2C(=O)N(c3ccccc3)C(=O)C2C(C=Cc2ccccc2)N1C(=O)C1CC1)N1CCNCC1. The first-order chi connectivity index (χ1) is 18.1. The van der Waals surface area contributed by atoms with E-state index >= 15 is 0 Å². The van der Waals surface area contributed by atoms with Gasteiger partial charge in [-0.25, -0.2) is 4.90 Å². The Morgan fingerprint density at radius 1 is 0.811 bits per heavy atom. The Kier molecular flexibility index (Phi) is 6.12. The monoisotopic (exact) mass is 498 g/mol. The van der Waals surface area contributed by atoms with Gasteiger partial charge in [-0.15, -0.1) is 0 Å². The molecule has 37 heavy (non-hydrogen) atoms. The summed E-state index contributed by atoms with van der Waals surface area (Å²) in [6, 6.07) is 16.8. The van der Waals surface area contributed by atoms with E-state index in [0.717, 1.165) is 18.4 Å². The molecule has 1 saturated carbocycles. The molecule has 8 nitrogen and oxygen atoms in total. The predicted molar refractivity (Wildman–Crippen MR) is 138 cm³/mol. The minimum absolute atomic E-state index is 0.127. The van der Waals surface area contributed by atoms with Gasteiger partial charge in [0.25, 0.3) is 0 Å². The topological polar surface area (TPSA) is 90.0 Å². The number of likely N-dealkylation sites (tertiary alicyclic amines) is 1. The molecular weight excluding hydrogens is 468 g/mol. The molecule has 4 fully saturated rings. The normalized spacial score (nSPS) is 27.7. The molecule has 0 bridgehead atoms. The third kappa shape index (κ3) is 4.15. The largest absolute Gasteiger partial charge is 0.338 e. The van der Waals surface area contributed by atoms with Crippen LogP contribution >= 0.6 is 0 Å². The number of carbonyl (C=O) groups is 4. The molecule has 4 unspecified atom stereocenters. The number of anilines is 1. The van der Waals surface area contributed by atoms with Crippen molar-refractivity contribution in [3.8, 4) is 0 Å². The summed E-state index contributed by atoms with van der Waals surface area (Å²) in [4.78, 5) is 60.1. The lowest BCUT2D eigenvalue weighted by molar-refractivity contribution is -0.148. The Morgan fingerprint density at radius 3 is 2.08 bits per heavy atom. The number of nitrogens with one attached hydrogen (secondary N) is 1. The predicted octanol–water partition coefficient (Wildman–Crippen LogP) is 1.93. The van der Waals surface area contributed by atoms with Crippen LogP contribution in [-0.2, 0) is 19.2 Å². The van der Waals surface area contributed by atoms with Crippen molar-refractivity contribution in [2.75, 3.05) is 31.1 Å². The second-order valence-corrected chi connectivity index (χ2v) is 10.2. The van der Waals surface area contributed by atoms with E-state index in [1.165, 1.54) is 4.90 Å². The Balaban J connectivity index is 1.44. The molecule has 2 aromatic carbocycles. The van der Waals surface area contributed by atoms with E-state index < -0.39 is 29.8 Å².